The molecule has 0 radical (unpaired) electrons. The first kappa shape index (κ1) is 19.9. The van der Waals surface area contributed by atoms with Crippen molar-refractivity contribution in [2.24, 2.45) is 11.8 Å². The second-order valence-electron chi connectivity index (χ2n) is 8.51. The van der Waals surface area contributed by atoms with Gasteiger partial charge in [0.1, 0.15) is 0 Å². The van der Waals surface area contributed by atoms with Crippen LogP contribution in [0.4, 0.5) is 5.69 Å². The molecule has 2 amide bonds. The highest BCUT2D eigenvalue weighted by molar-refractivity contribution is 5.92. The van der Waals surface area contributed by atoms with Crippen LogP contribution in [-0.2, 0) is 9.59 Å². The summed E-state index contributed by atoms with van der Waals surface area (Å²) in [6.07, 6.45) is 4.09. The zero-order valence-electron chi connectivity index (χ0n) is 17.0. The highest BCUT2D eigenvalue weighted by Crippen LogP contribution is 2.23. The van der Waals surface area contributed by atoms with E-state index in [2.05, 4.69) is 28.1 Å². The number of piperidine rings is 2. The summed E-state index contributed by atoms with van der Waals surface area (Å²) in [6, 6.07) is 6.09. The molecule has 1 aromatic carbocycles. The van der Waals surface area contributed by atoms with E-state index in [1.54, 1.807) is 0 Å². The Kier molecular flexibility index (Phi) is 6.53. The molecule has 2 fully saturated rings. The SMILES string of the molecule is Cc1cc(C)cc(NC(=O)CN2CCC(C(=O)N3CCC[C@@H](C)C3)CC2)c1. The van der Waals surface area contributed by atoms with Crippen molar-refractivity contribution >= 4 is 17.5 Å². The molecule has 2 aliphatic heterocycles. The van der Waals surface area contributed by atoms with Gasteiger partial charge in [-0.3, -0.25) is 14.5 Å². The van der Waals surface area contributed by atoms with Gasteiger partial charge in [-0.25, -0.2) is 0 Å². The number of nitrogens with one attached hydrogen (secondary N) is 1. The minimum atomic E-state index is 0.0228. The van der Waals surface area contributed by atoms with Gasteiger partial charge in [0.05, 0.1) is 6.54 Å². The maximum Gasteiger partial charge on any atom is 0.238 e. The van der Waals surface area contributed by atoms with E-state index in [0.29, 0.717) is 18.4 Å². The van der Waals surface area contributed by atoms with E-state index in [1.165, 1.54) is 6.42 Å². The molecule has 0 unspecified atom stereocenters. The zero-order valence-corrected chi connectivity index (χ0v) is 17.0. The molecule has 0 saturated carbocycles. The number of hydrogen-bond donors (Lipinski definition) is 1. The summed E-state index contributed by atoms with van der Waals surface area (Å²) < 4.78 is 0. The molecule has 5 nitrogen and oxygen atoms in total. The lowest BCUT2D eigenvalue weighted by molar-refractivity contribution is -0.138. The molecule has 0 aliphatic carbocycles. The van der Waals surface area contributed by atoms with Gasteiger partial charge in [0, 0.05) is 24.7 Å². The second-order valence-corrected chi connectivity index (χ2v) is 8.51. The van der Waals surface area contributed by atoms with Gasteiger partial charge in [-0.1, -0.05) is 13.0 Å². The third-order valence-corrected chi connectivity index (χ3v) is 5.78. The Hall–Kier alpha value is -1.88. The third-order valence-electron chi connectivity index (χ3n) is 5.78. The molecule has 0 bridgehead atoms. The molecule has 27 heavy (non-hydrogen) atoms. The number of likely N-dealkylation sites (tertiary alicyclic amines) is 2. The molecule has 0 spiro atoms. The van der Waals surface area contributed by atoms with Crippen molar-refractivity contribution in [3.8, 4) is 0 Å². The Morgan fingerprint density at radius 3 is 2.33 bits per heavy atom. The summed E-state index contributed by atoms with van der Waals surface area (Å²) in [5.41, 5.74) is 3.16. The van der Waals surface area contributed by atoms with Gasteiger partial charge in [-0.15, -0.1) is 0 Å². The molecular formula is C22H33N3O2. The van der Waals surface area contributed by atoms with Crippen molar-refractivity contribution in [2.45, 2.75) is 46.5 Å². The van der Waals surface area contributed by atoms with Crippen LogP contribution in [0, 0.1) is 25.7 Å². The van der Waals surface area contributed by atoms with Crippen LogP contribution in [0.2, 0.25) is 0 Å². The highest BCUT2D eigenvalue weighted by Gasteiger charge is 2.30. The van der Waals surface area contributed by atoms with Crippen LogP contribution < -0.4 is 5.32 Å². The number of rotatable bonds is 4. The molecule has 1 aromatic rings. The van der Waals surface area contributed by atoms with Crippen LogP contribution in [0.3, 0.4) is 0 Å². The van der Waals surface area contributed by atoms with E-state index in [-0.39, 0.29) is 11.8 Å². The van der Waals surface area contributed by atoms with E-state index < -0.39 is 0 Å². The summed E-state index contributed by atoms with van der Waals surface area (Å²) >= 11 is 0. The molecule has 5 heteroatoms. The Balaban J connectivity index is 1.45. The summed E-state index contributed by atoms with van der Waals surface area (Å²) in [7, 11) is 0. The number of benzene rings is 1. The summed E-state index contributed by atoms with van der Waals surface area (Å²) in [4.78, 5) is 29.4. The first-order valence-corrected chi connectivity index (χ1v) is 10.3. The number of anilines is 1. The minimum Gasteiger partial charge on any atom is -0.342 e. The molecule has 148 valence electrons. The van der Waals surface area contributed by atoms with Crippen LogP contribution >= 0.6 is 0 Å². The van der Waals surface area contributed by atoms with Crippen LogP contribution in [0.1, 0.15) is 43.7 Å². The first-order valence-electron chi connectivity index (χ1n) is 10.3. The average molecular weight is 372 g/mol. The lowest BCUT2D eigenvalue weighted by Gasteiger charge is -2.37. The average Bonchev–Trinajstić information content (AvgIpc) is 2.60. The molecule has 2 aliphatic rings. The highest BCUT2D eigenvalue weighted by atomic mass is 16.2. The van der Waals surface area contributed by atoms with Gasteiger partial charge >= 0.3 is 0 Å². The molecule has 2 saturated heterocycles. The zero-order chi connectivity index (χ0) is 19.4. The number of aryl methyl sites for hydroxylation is 2. The molecule has 2 heterocycles. The van der Waals surface area contributed by atoms with E-state index >= 15 is 0 Å². The van der Waals surface area contributed by atoms with E-state index in [0.717, 1.165) is 62.3 Å². The normalized spacial score (nSPS) is 21.9. The maximum absolute atomic E-state index is 12.8. The van der Waals surface area contributed by atoms with Gasteiger partial charge in [0.25, 0.3) is 0 Å². The molecule has 1 N–H and O–H groups in total. The van der Waals surface area contributed by atoms with E-state index in [4.69, 9.17) is 0 Å². The number of carbonyl (C=O) groups excluding carboxylic acids is 2. The van der Waals surface area contributed by atoms with Gasteiger partial charge in [0.2, 0.25) is 11.8 Å². The Bertz CT molecular complexity index is 660. The number of amides is 2. The Morgan fingerprint density at radius 1 is 1.04 bits per heavy atom. The Morgan fingerprint density at radius 2 is 1.70 bits per heavy atom. The van der Waals surface area contributed by atoms with E-state index in [1.807, 2.05) is 26.0 Å². The molecule has 0 aromatic heterocycles. The summed E-state index contributed by atoms with van der Waals surface area (Å²) in [5.74, 6) is 1.11. The Labute approximate surface area is 163 Å². The number of hydrogen-bond acceptors (Lipinski definition) is 3. The van der Waals surface area contributed by atoms with Gasteiger partial charge < -0.3 is 10.2 Å². The maximum atomic E-state index is 12.8. The fraction of sp³-hybridized carbons (Fsp3) is 0.636. The third kappa shape index (κ3) is 5.55. The lowest BCUT2D eigenvalue weighted by Crippen LogP contribution is -2.47. The van der Waals surface area contributed by atoms with Gasteiger partial charge in [-0.2, -0.15) is 0 Å². The van der Waals surface area contributed by atoms with Crippen molar-refractivity contribution in [1.82, 2.24) is 9.80 Å². The van der Waals surface area contributed by atoms with E-state index in [9.17, 15) is 9.59 Å². The lowest BCUT2D eigenvalue weighted by atomic mass is 9.93. The monoisotopic (exact) mass is 371 g/mol. The first-order chi connectivity index (χ1) is 12.9. The van der Waals surface area contributed by atoms with Gasteiger partial charge in [-0.05, 0) is 81.8 Å². The standard InChI is InChI=1S/C22H33N3O2/c1-16-5-4-8-25(14-16)22(27)19-6-9-24(10-7-19)15-21(26)23-20-12-17(2)11-18(3)13-20/h11-13,16,19H,4-10,14-15H2,1-3H3,(H,23,26)/t16-/m1/s1. The quantitative estimate of drug-likeness (QED) is 0.884. The summed E-state index contributed by atoms with van der Waals surface area (Å²) in [5, 5.41) is 3.01. The van der Waals surface area contributed by atoms with Crippen LogP contribution in [0.25, 0.3) is 0 Å². The predicted octanol–water partition coefficient (Wildman–Crippen LogP) is 3.21. The summed E-state index contributed by atoms with van der Waals surface area (Å²) in [6.45, 7) is 10.2. The van der Waals surface area contributed by atoms with Crippen molar-refractivity contribution in [3.63, 3.8) is 0 Å². The van der Waals surface area contributed by atoms with Crippen molar-refractivity contribution in [2.75, 3.05) is 38.0 Å². The fourth-order valence-corrected chi connectivity index (χ4v) is 4.44. The predicted molar refractivity (Wildman–Crippen MR) is 109 cm³/mol. The van der Waals surface area contributed by atoms with Crippen molar-refractivity contribution in [1.29, 1.82) is 0 Å². The minimum absolute atomic E-state index is 0.0228. The number of carbonyl (C=O) groups is 2. The van der Waals surface area contributed by atoms with Crippen LogP contribution in [-0.4, -0.2) is 54.3 Å². The van der Waals surface area contributed by atoms with Crippen molar-refractivity contribution in [3.05, 3.63) is 29.3 Å². The molecular weight excluding hydrogens is 338 g/mol. The smallest absolute Gasteiger partial charge is 0.238 e. The van der Waals surface area contributed by atoms with Gasteiger partial charge in [0.15, 0.2) is 0 Å². The molecule has 3 rings (SSSR count). The topological polar surface area (TPSA) is 52.7 Å². The van der Waals surface area contributed by atoms with Crippen molar-refractivity contribution < 1.29 is 9.59 Å². The van der Waals surface area contributed by atoms with Crippen LogP contribution in [0.5, 0.6) is 0 Å². The number of nitrogens with zero attached hydrogens (tertiary/aromatic N) is 2. The van der Waals surface area contributed by atoms with Crippen LogP contribution in [0.15, 0.2) is 18.2 Å². The second kappa shape index (κ2) is 8.87. The fourth-order valence-electron chi connectivity index (χ4n) is 4.44. The largest absolute Gasteiger partial charge is 0.342 e. The molecule has 1 atom stereocenters.